The van der Waals surface area contributed by atoms with Crippen LogP contribution in [-0.4, -0.2) is 23.5 Å². The molecule has 0 amide bonds. The average molecular weight is 219 g/mol. The topological polar surface area (TPSA) is 42.2 Å². The lowest BCUT2D eigenvalue weighted by atomic mass is 10.1. The summed E-state index contributed by atoms with van der Waals surface area (Å²) < 4.78 is 0. The summed E-state index contributed by atoms with van der Waals surface area (Å²) in [4.78, 5) is 6.67. The first-order chi connectivity index (χ1) is 7.75. The minimum atomic E-state index is 0.806. The van der Waals surface area contributed by atoms with Crippen LogP contribution in [0, 0.1) is 5.92 Å². The number of anilines is 1. The van der Waals surface area contributed by atoms with Gasteiger partial charge in [0, 0.05) is 19.3 Å². The van der Waals surface area contributed by atoms with Gasteiger partial charge in [0.2, 0.25) is 0 Å². The molecule has 1 heterocycles. The fraction of sp³-hybridized carbons (Fsp3) is 0.615. The molecule has 1 saturated carbocycles. The van der Waals surface area contributed by atoms with E-state index in [0.29, 0.717) is 0 Å². The van der Waals surface area contributed by atoms with Gasteiger partial charge in [-0.25, -0.2) is 0 Å². The fourth-order valence-corrected chi connectivity index (χ4v) is 2.54. The van der Waals surface area contributed by atoms with Crippen LogP contribution in [-0.2, 0) is 6.54 Å². The van der Waals surface area contributed by atoms with Crippen LogP contribution in [0.5, 0.6) is 0 Å². The molecule has 1 aromatic heterocycles. The molecular formula is C13H21N3. The maximum atomic E-state index is 5.89. The van der Waals surface area contributed by atoms with Crippen molar-refractivity contribution in [3.05, 3.63) is 24.0 Å². The lowest BCUT2D eigenvalue weighted by Gasteiger charge is -2.20. The van der Waals surface area contributed by atoms with E-state index in [9.17, 15) is 0 Å². The summed E-state index contributed by atoms with van der Waals surface area (Å²) in [6, 6.07) is 3.81. The Labute approximate surface area is 97.7 Å². The van der Waals surface area contributed by atoms with Crippen LogP contribution in [0.2, 0.25) is 0 Å². The zero-order valence-corrected chi connectivity index (χ0v) is 10.0. The highest BCUT2D eigenvalue weighted by molar-refractivity contribution is 5.41. The van der Waals surface area contributed by atoms with Crippen LogP contribution in [0.25, 0.3) is 0 Å². The summed E-state index contributed by atoms with van der Waals surface area (Å²) in [6.45, 7) is 2.04. The van der Waals surface area contributed by atoms with E-state index >= 15 is 0 Å². The van der Waals surface area contributed by atoms with E-state index < -0.39 is 0 Å². The van der Waals surface area contributed by atoms with E-state index in [4.69, 9.17) is 5.73 Å². The quantitative estimate of drug-likeness (QED) is 0.844. The summed E-state index contributed by atoms with van der Waals surface area (Å²) >= 11 is 0. The minimum Gasteiger partial charge on any atom is -0.397 e. The molecule has 0 bridgehead atoms. The third-order valence-electron chi connectivity index (χ3n) is 3.39. The number of nitrogen functional groups attached to an aromatic ring is 1. The highest BCUT2D eigenvalue weighted by Gasteiger charge is 2.17. The van der Waals surface area contributed by atoms with Crippen molar-refractivity contribution in [2.75, 3.05) is 19.3 Å². The molecule has 0 saturated heterocycles. The predicted molar refractivity (Wildman–Crippen MR) is 66.9 cm³/mol. The van der Waals surface area contributed by atoms with Crippen molar-refractivity contribution < 1.29 is 0 Å². The molecule has 16 heavy (non-hydrogen) atoms. The molecule has 0 aromatic carbocycles. The molecule has 0 aliphatic heterocycles. The Morgan fingerprint density at radius 3 is 2.88 bits per heavy atom. The van der Waals surface area contributed by atoms with Gasteiger partial charge >= 0.3 is 0 Å². The highest BCUT2D eigenvalue weighted by atomic mass is 15.1. The smallest absolute Gasteiger partial charge is 0.0772 e. The maximum absolute atomic E-state index is 5.89. The fourth-order valence-electron chi connectivity index (χ4n) is 2.54. The Kier molecular flexibility index (Phi) is 3.78. The second-order valence-corrected chi connectivity index (χ2v) is 4.89. The molecule has 0 atom stereocenters. The van der Waals surface area contributed by atoms with Crippen molar-refractivity contribution in [3.8, 4) is 0 Å². The number of aromatic nitrogens is 1. The van der Waals surface area contributed by atoms with Crippen molar-refractivity contribution in [1.29, 1.82) is 0 Å². The van der Waals surface area contributed by atoms with Crippen LogP contribution >= 0.6 is 0 Å². The highest BCUT2D eigenvalue weighted by Crippen LogP contribution is 2.25. The molecule has 0 spiro atoms. The van der Waals surface area contributed by atoms with Crippen LogP contribution < -0.4 is 5.73 Å². The van der Waals surface area contributed by atoms with Gasteiger partial charge in [-0.05, 0) is 37.9 Å². The minimum absolute atomic E-state index is 0.806. The summed E-state index contributed by atoms with van der Waals surface area (Å²) in [5, 5.41) is 0. The zero-order valence-electron chi connectivity index (χ0n) is 10.0. The number of rotatable bonds is 4. The zero-order chi connectivity index (χ0) is 11.4. The number of hydrogen-bond donors (Lipinski definition) is 1. The Morgan fingerprint density at radius 2 is 2.19 bits per heavy atom. The standard InChI is InChI=1S/C13H21N3/c1-16(9-11-5-2-3-6-11)10-13-12(14)7-4-8-15-13/h4,7-8,11H,2-3,5-6,9-10,14H2,1H3. The summed E-state index contributed by atoms with van der Waals surface area (Å²) in [6.07, 6.45) is 7.41. The van der Waals surface area contributed by atoms with Crippen LogP contribution in [0.4, 0.5) is 5.69 Å². The lowest BCUT2D eigenvalue weighted by molar-refractivity contribution is 0.269. The van der Waals surface area contributed by atoms with E-state index in [-0.39, 0.29) is 0 Å². The number of nitrogens with two attached hydrogens (primary N) is 1. The normalized spacial score (nSPS) is 17.1. The first-order valence-electron chi connectivity index (χ1n) is 6.13. The van der Waals surface area contributed by atoms with Crippen molar-refractivity contribution in [2.24, 2.45) is 5.92 Å². The molecule has 0 radical (unpaired) electrons. The first-order valence-corrected chi connectivity index (χ1v) is 6.13. The van der Waals surface area contributed by atoms with Gasteiger partial charge in [0.1, 0.15) is 0 Å². The van der Waals surface area contributed by atoms with Gasteiger partial charge < -0.3 is 10.6 Å². The molecule has 1 fully saturated rings. The third kappa shape index (κ3) is 2.95. The molecule has 2 N–H and O–H groups in total. The van der Waals surface area contributed by atoms with Crippen molar-refractivity contribution in [1.82, 2.24) is 9.88 Å². The Morgan fingerprint density at radius 1 is 1.44 bits per heavy atom. The van der Waals surface area contributed by atoms with Gasteiger partial charge in [0.05, 0.1) is 11.4 Å². The SMILES string of the molecule is CN(Cc1ncccc1N)CC1CCCC1. The predicted octanol–water partition coefficient (Wildman–Crippen LogP) is 2.29. The number of hydrogen-bond acceptors (Lipinski definition) is 3. The van der Waals surface area contributed by atoms with E-state index in [0.717, 1.165) is 23.8 Å². The van der Waals surface area contributed by atoms with Crippen LogP contribution in [0.15, 0.2) is 18.3 Å². The Bertz CT molecular complexity index is 332. The molecule has 1 aliphatic rings. The van der Waals surface area contributed by atoms with E-state index in [2.05, 4.69) is 16.9 Å². The molecule has 1 aliphatic carbocycles. The maximum Gasteiger partial charge on any atom is 0.0772 e. The van der Waals surface area contributed by atoms with Crippen molar-refractivity contribution in [3.63, 3.8) is 0 Å². The Balaban J connectivity index is 1.86. The summed E-state index contributed by atoms with van der Waals surface area (Å²) in [7, 11) is 2.16. The second kappa shape index (κ2) is 5.30. The van der Waals surface area contributed by atoms with Gasteiger partial charge in [-0.15, -0.1) is 0 Å². The van der Waals surface area contributed by atoms with E-state index in [1.54, 1.807) is 0 Å². The van der Waals surface area contributed by atoms with Gasteiger partial charge in [-0.1, -0.05) is 12.8 Å². The largest absolute Gasteiger partial charge is 0.397 e. The van der Waals surface area contributed by atoms with E-state index in [1.807, 2.05) is 18.3 Å². The van der Waals surface area contributed by atoms with Gasteiger partial charge in [-0.2, -0.15) is 0 Å². The Hall–Kier alpha value is -1.09. The second-order valence-electron chi connectivity index (χ2n) is 4.89. The molecule has 0 unspecified atom stereocenters. The molecule has 3 nitrogen and oxygen atoms in total. The number of nitrogens with zero attached hydrogens (tertiary/aromatic N) is 2. The van der Waals surface area contributed by atoms with Crippen LogP contribution in [0.1, 0.15) is 31.4 Å². The van der Waals surface area contributed by atoms with Gasteiger partial charge in [-0.3, -0.25) is 4.98 Å². The lowest BCUT2D eigenvalue weighted by Crippen LogP contribution is -2.25. The first kappa shape index (κ1) is 11.4. The average Bonchev–Trinajstić information content (AvgIpc) is 2.74. The molecule has 1 aromatic rings. The van der Waals surface area contributed by atoms with Crippen LogP contribution in [0.3, 0.4) is 0 Å². The van der Waals surface area contributed by atoms with E-state index in [1.165, 1.54) is 32.2 Å². The van der Waals surface area contributed by atoms with Gasteiger partial charge in [0.15, 0.2) is 0 Å². The molecule has 3 heteroatoms. The summed E-state index contributed by atoms with van der Waals surface area (Å²) in [5.74, 6) is 0.884. The van der Waals surface area contributed by atoms with Gasteiger partial charge in [0.25, 0.3) is 0 Å². The molecule has 88 valence electrons. The summed E-state index contributed by atoms with van der Waals surface area (Å²) in [5.41, 5.74) is 7.70. The number of pyridine rings is 1. The monoisotopic (exact) mass is 219 g/mol. The molecule has 2 rings (SSSR count). The molecular weight excluding hydrogens is 198 g/mol. The third-order valence-corrected chi connectivity index (χ3v) is 3.39. The van der Waals surface area contributed by atoms with Crippen molar-refractivity contribution >= 4 is 5.69 Å². The van der Waals surface area contributed by atoms with Crippen molar-refractivity contribution in [2.45, 2.75) is 32.2 Å².